The van der Waals surface area contributed by atoms with Crippen molar-refractivity contribution in [2.45, 2.75) is 45.6 Å². The Hall–Kier alpha value is -2.31. The topological polar surface area (TPSA) is 72.0 Å². The fourth-order valence-electron chi connectivity index (χ4n) is 2.66. The van der Waals surface area contributed by atoms with Gasteiger partial charge in [-0.15, -0.1) is 0 Å². The largest absolute Gasteiger partial charge is 0.481 e. The summed E-state index contributed by atoms with van der Waals surface area (Å²) < 4.78 is 10.6. The molecule has 0 radical (unpaired) electrons. The molecule has 2 amide bonds. The number of carbonyl (C=O) groups is 2. The van der Waals surface area contributed by atoms with Crippen LogP contribution in [0.1, 0.15) is 39.2 Å². The van der Waals surface area contributed by atoms with Gasteiger partial charge in [-0.05, 0) is 39.7 Å². The van der Waals surface area contributed by atoms with Gasteiger partial charge in [0.1, 0.15) is 5.60 Å². The van der Waals surface area contributed by atoms with E-state index in [0.717, 1.165) is 25.9 Å². The third-order valence-electron chi connectivity index (χ3n) is 3.96. The molecule has 7 heteroatoms. The van der Waals surface area contributed by atoms with Crippen molar-refractivity contribution in [1.29, 1.82) is 0 Å². The Labute approximate surface area is 148 Å². The van der Waals surface area contributed by atoms with Crippen molar-refractivity contribution in [2.75, 3.05) is 32.1 Å². The van der Waals surface area contributed by atoms with E-state index in [4.69, 9.17) is 9.47 Å². The summed E-state index contributed by atoms with van der Waals surface area (Å²) in [5.41, 5.74) is 0.631. The molecule has 2 heterocycles. The molecular weight excluding hydrogens is 322 g/mol. The highest BCUT2D eigenvalue weighted by Gasteiger charge is 2.23. The molecule has 1 fully saturated rings. The van der Waals surface area contributed by atoms with Gasteiger partial charge in [0.15, 0.2) is 0 Å². The van der Waals surface area contributed by atoms with Gasteiger partial charge in [-0.2, -0.15) is 0 Å². The average Bonchev–Trinajstić information content (AvgIpc) is 3.07. The van der Waals surface area contributed by atoms with Gasteiger partial charge in [0, 0.05) is 25.7 Å². The van der Waals surface area contributed by atoms with Crippen LogP contribution in [-0.4, -0.2) is 54.7 Å². The third kappa shape index (κ3) is 5.08. The second-order valence-corrected chi connectivity index (χ2v) is 7.17. The van der Waals surface area contributed by atoms with Crippen LogP contribution in [0.3, 0.4) is 0 Å². The molecule has 138 valence electrons. The summed E-state index contributed by atoms with van der Waals surface area (Å²) in [7, 11) is 3.13. The highest BCUT2D eigenvalue weighted by Crippen LogP contribution is 2.24. The van der Waals surface area contributed by atoms with E-state index in [1.807, 2.05) is 25.7 Å². The van der Waals surface area contributed by atoms with Crippen LogP contribution < -0.4 is 9.64 Å². The van der Waals surface area contributed by atoms with Crippen LogP contribution in [0.5, 0.6) is 5.88 Å². The number of hydrogen-bond acceptors (Lipinski definition) is 5. The number of aromatic nitrogens is 1. The number of hydrogen-bond donors (Lipinski definition) is 0. The Morgan fingerprint density at radius 1 is 1.28 bits per heavy atom. The summed E-state index contributed by atoms with van der Waals surface area (Å²) >= 11 is 0. The highest BCUT2D eigenvalue weighted by atomic mass is 16.6. The van der Waals surface area contributed by atoms with Crippen LogP contribution in [-0.2, 0) is 16.0 Å². The second kappa shape index (κ2) is 7.72. The Balaban J connectivity index is 2.17. The van der Waals surface area contributed by atoms with E-state index in [1.165, 1.54) is 18.2 Å². The molecule has 0 saturated carbocycles. The van der Waals surface area contributed by atoms with Crippen LogP contribution in [0.2, 0.25) is 0 Å². The lowest BCUT2D eigenvalue weighted by atomic mass is 10.1. The van der Waals surface area contributed by atoms with Crippen molar-refractivity contribution in [3.05, 3.63) is 17.8 Å². The van der Waals surface area contributed by atoms with Gasteiger partial charge in [0.25, 0.3) is 0 Å². The lowest BCUT2D eigenvalue weighted by Crippen LogP contribution is -2.34. The zero-order chi connectivity index (χ0) is 18.6. The van der Waals surface area contributed by atoms with Gasteiger partial charge in [-0.3, -0.25) is 9.69 Å². The van der Waals surface area contributed by atoms with E-state index in [9.17, 15) is 9.59 Å². The first-order chi connectivity index (χ1) is 11.7. The quantitative estimate of drug-likeness (QED) is 0.835. The maximum Gasteiger partial charge on any atom is 0.414 e. The van der Waals surface area contributed by atoms with E-state index in [-0.39, 0.29) is 12.3 Å². The van der Waals surface area contributed by atoms with Crippen molar-refractivity contribution in [3.63, 3.8) is 0 Å². The van der Waals surface area contributed by atoms with Gasteiger partial charge < -0.3 is 14.4 Å². The smallest absolute Gasteiger partial charge is 0.414 e. The predicted octanol–water partition coefficient (Wildman–Crippen LogP) is 2.63. The molecule has 0 spiro atoms. The molecule has 1 aromatic heterocycles. The minimum Gasteiger partial charge on any atom is -0.481 e. The van der Waals surface area contributed by atoms with E-state index >= 15 is 0 Å². The van der Waals surface area contributed by atoms with Crippen LogP contribution in [0.15, 0.2) is 12.3 Å². The van der Waals surface area contributed by atoms with Crippen molar-refractivity contribution >= 4 is 17.7 Å². The number of anilines is 1. The van der Waals surface area contributed by atoms with Crippen molar-refractivity contribution < 1.29 is 19.1 Å². The molecule has 7 nitrogen and oxygen atoms in total. The molecule has 25 heavy (non-hydrogen) atoms. The minimum absolute atomic E-state index is 0.0506. The molecule has 0 N–H and O–H groups in total. The molecule has 0 aliphatic carbocycles. The lowest BCUT2D eigenvalue weighted by Gasteiger charge is -2.25. The highest BCUT2D eigenvalue weighted by molar-refractivity contribution is 5.87. The first-order valence-corrected chi connectivity index (χ1v) is 8.48. The number of rotatable bonds is 4. The summed E-state index contributed by atoms with van der Waals surface area (Å²) in [5.74, 6) is 0.448. The van der Waals surface area contributed by atoms with E-state index in [0.29, 0.717) is 17.1 Å². The fourth-order valence-corrected chi connectivity index (χ4v) is 2.66. The maximum atomic E-state index is 12.4. The Kier molecular flexibility index (Phi) is 5.87. The molecule has 0 atom stereocenters. The minimum atomic E-state index is -0.584. The van der Waals surface area contributed by atoms with Gasteiger partial charge in [-0.25, -0.2) is 9.78 Å². The molecule has 0 bridgehead atoms. The number of methoxy groups -OCH3 is 1. The summed E-state index contributed by atoms with van der Waals surface area (Å²) in [5, 5.41) is 0. The van der Waals surface area contributed by atoms with E-state index in [2.05, 4.69) is 4.98 Å². The number of likely N-dealkylation sites (tertiary alicyclic amines) is 1. The zero-order valence-electron chi connectivity index (χ0n) is 15.7. The van der Waals surface area contributed by atoms with Crippen molar-refractivity contribution in [2.24, 2.45) is 0 Å². The van der Waals surface area contributed by atoms with Gasteiger partial charge in [0.2, 0.25) is 11.8 Å². The first-order valence-electron chi connectivity index (χ1n) is 8.48. The lowest BCUT2D eigenvalue weighted by molar-refractivity contribution is -0.129. The Morgan fingerprint density at radius 2 is 1.92 bits per heavy atom. The molecule has 0 unspecified atom stereocenters. The maximum absolute atomic E-state index is 12.4. The Bertz CT molecular complexity index is 634. The first kappa shape index (κ1) is 19.0. The summed E-state index contributed by atoms with van der Waals surface area (Å²) in [4.78, 5) is 32.1. The van der Waals surface area contributed by atoms with Crippen LogP contribution in [0.25, 0.3) is 0 Å². The third-order valence-corrected chi connectivity index (χ3v) is 3.96. The predicted molar refractivity (Wildman–Crippen MR) is 94.9 cm³/mol. The molecule has 1 aliphatic rings. The number of nitrogens with zero attached hydrogens (tertiary/aromatic N) is 3. The Morgan fingerprint density at radius 3 is 2.48 bits per heavy atom. The number of pyridine rings is 1. The van der Waals surface area contributed by atoms with E-state index in [1.54, 1.807) is 13.1 Å². The van der Waals surface area contributed by atoms with Gasteiger partial charge >= 0.3 is 6.09 Å². The standard InChI is InChI=1S/C18H27N3O4/c1-18(2,3)25-17(23)20(4)14-10-13(16(24-5)19-12-14)11-15(22)21-8-6-7-9-21/h10,12H,6-9,11H2,1-5H3. The monoisotopic (exact) mass is 349 g/mol. The van der Waals surface area contributed by atoms with Crippen molar-refractivity contribution in [1.82, 2.24) is 9.88 Å². The van der Waals surface area contributed by atoms with Crippen molar-refractivity contribution in [3.8, 4) is 5.88 Å². The molecule has 1 saturated heterocycles. The summed E-state index contributed by atoms with van der Waals surface area (Å²) in [6, 6.07) is 1.75. The molecule has 0 aromatic carbocycles. The fraction of sp³-hybridized carbons (Fsp3) is 0.611. The SMILES string of the molecule is COc1ncc(N(C)C(=O)OC(C)(C)C)cc1CC(=O)N1CCCC1. The normalized spacial score (nSPS) is 14.4. The van der Waals surface area contributed by atoms with Crippen LogP contribution >= 0.6 is 0 Å². The zero-order valence-corrected chi connectivity index (χ0v) is 15.7. The van der Waals surface area contributed by atoms with Crippen LogP contribution in [0.4, 0.5) is 10.5 Å². The number of carbonyl (C=O) groups excluding carboxylic acids is 2. The van der Waals surface area contributed by atoms with Crippen LogP contribution in [0, 0.1) is 0 Å². The van der Waals surface area contributed by atoms with Gasteiger partial charge in [0.05, 0.1) is 25.4 Å². The molecular formula is C18H27N3O4. The molecule has 1 aliphatic heterocycles. The average molecular weight is 349 g/mol. The van der Waals surface area contributed by atoms with E-state index < -0.39 is 11.7 Å². The molecule has 1 aromatic rings. The molecule has 2 rings (SSSR count). The second-order valence-electron chi connectivity index (χ2n) is 7.17. The van der Waals surface area contributed by atoms with Gasteiger partial charge in [-0.1, -0.05) is 0 Å². The number of amides is 2. The number of ether oxygens (including phenoxy) is 2. The summed E-state index contributed by atoms with van der Waals surface area (Å²) in [6.07, 6.45) is 3.35. The summed E-state index contributed by atoms with van der Waals surface area (Å²) in [6.45, 7) is 7.03.